The summed E-state index contributed by atoms with van der Waals surface area (Å²) in [4.78, 5) is 38.7. The number of carbonyl (C=O) groups is 2. The van der Waals surface area contributed by atoms with E-state index in [-0.39, 0.29) is 11.9 Å². The van der Waals surface area contributed by atoms with Gasteiger partial charge in [0.15, 0.2) is 0 Å². The van der Waals surface area contributed by atoms with Gasteiger partial charge in [-0.1, -0.05) is 0 Å². The van der Waals surface area contributed by atoms with Crippen molar-refractivity contribution < 1.29 is 9.59 Å². The molecule has 0 aliphatic carbocycles. The Hall–Kier alpha value is -3.42. The van der Waals surface area contributed by atoms with Gasteiger partial charge < -0.3 is 20.1 Å². The fourth-order valence-corrected chi connectivity index (χ4v) is 3.51. The zero-order chi connectivity index (χ0) is 19.5. The Labute approximate surface area is 162 Å². The molecular formula is C20H22N6O2. The number of aromatic amines is 1. The monoisotopic (exact) mass is 378 g/mol. The lowest BCUT2D eigenvalue weighted by atomic mass is 10.2. The van der Waals surface area contributed by atoms with Gasteiger partial charge in [0, 0.05) is 50.7 Å². The van der Waals surface area contributed by atoms with Gasteiger partial charge in [-0.2, -0.15) is 0 Å². The van der Waals surface area contributed by atoms with Crippen molar-refractivity contribution in [2.75, 3.05) is 25.5 Å². The van der Waals surface area contributed by atoms with Crippen LogP contribution in [-0.2, 0) is 11.3 Å². The van der Waals surface area contributed by atoms with E-state index in [2.05, 4.69) is 20.3 Å². The van der Waals surface area contributed by atoms with Gasteiger partial charge in [-0.25, -0.2) is 9.97 Å². The van der Waals surface area contributed by atoms with Crippen LogP contribution < -0.4 is 5.32 Å². The summed E-state index contributed by atoms with van der Waals surface area (Å²) >= 11 is 0. The highest BCUT2D eigenvalue weighted by Crippen LogP contribution is 2.18. The maximum Gasteiger partial charge on any atom is 0.255 e. The first kappa shape index (κ1) is 18.0. The summed E-state index contributed by atoms with van der Waals surface area (Å²) in [7, 11) is 1.75. The molecule has 28 heavy (non-hydrogen) atoms. The molecule has 0 bridgehead atoms. The molecule has 0 saturated carbocycles. The van der Waals surface area contributed by atoms with Gasteiger partial charge in [-0.05, 0) is 36.2 Å². The van der Waals surface area contributed by atoms with Crippen molar-refractivity contribution in [3.8, 4) is 0 Å². The molecule has 3 aromatic heterocycles. The third-order valence-electron chi connectivity index (χ3n) is 5.21. The normalized spacial score (nSPS) is 16.3. The van der Waals surface area contributed by atoms with Crippen LogP contribution in [-0.4, -0.2) is 63.2 Å². The molecule has 1 aliphatic rings. The lowest BCUT2D eigenvalue weighted by Crippen LogP contribution is -2.35. The maximum atomic E-state index is 12.7. The summed E-state index contributed by atoms with van der Waals surface area (Å²) in [6, 6.07) is 7.66. The Morgan fingerprint density at radius 3 is 3.04 bits per heavy atom. The van der Waals surface area contributed by atoms with Crippen molar-refractivity contribution in [3.05, 3.63) is 54.0 Å². The quantitative estimate of drug-likeness (QED) is 0.639. The first-order valence-corrected chi connectivity index (χ1v) is 9.23. The number of nitrogens with zero attached hydrogens (tertiary/aromatic N) is 4. The summed E-state index contributed by atoms with van der Waals surface area (Å²) in [5.74, 6) is 0.654. The number of likely N-dealkylation sites (tertiary alicyclic amines) is 1. The number of hydrogen-bond donors (Lipinski definition) is 2. The van der Waals surface area contributed by atoms with Crippen molar-refractivity contribution >= 4 is 29.2 Å². The molecule has 0 spiro atoms. The standard InChI is InChI=1S/C20H22N6O2/c1-25(13-27)16-6-9-26(12-16)20(28)15-2-3-18(24-11-15)23-10-14-4-7-21-19-17(14)5-8-22-19/h2-5,7-8,11,13,16H,6,9-10,12H2,1H3,(H,21,22)(H,23,24)/t16-/m0/s1. The van der Waals surface area contributed by atoms with Gasteiger partial charge in [0.25, 0.3) is 5.91 Å². The molecule has 0 radical (unpaired) electrons. The van der Waals surface area contributed by atoms with Crippen molar-refractivity contribution in [1.29, 1.82) is 0 Å². The SMILES string of the molecule is CN(C=O)[C@H]1CCN(C(=O)c2ccc(NCc3ccnc4[nH]ccc34)nc2)C1. The summed E-state index contributed by atoms with van der Waals surface area (Å²) in [5, 5.41) is 4.36. The van der Waals surface area contributed by atoms with Crippen molar-refractivity contribution in [3.63, 3.8) is 0 Å². The molecule has 1 fully saturated rings. The third kappa shape index (κ3) is 3.53. The highest BCUT2D eigenvalue weighted by molar-refractivity contribution is 5.94. The second-order valence-corrected chi connectivity index (χ2v) is 6.96. The van der Waals surface area contributed by atoms with Crippen LogP contribution in [0.5, 0.6) is 0 Å². The van der Waals surface area contributed by atoms with Gasteiger partial charge in [-0.3, -0.25) is 9.59 Å². The fourth-order valence-electron chi connectivity index (χ4n) is 3.51. The van der Waals surface area contributed by atoms with Crippen LogP contribution in [0.1, 0.15) is 22.3 Å². The van der Waals surface area contributed by atoms with Gasteiger partial charge >= 0.3 is 0 Å². The van der Waals surface area contributed by atoms with E-state index in [0.29, 0.717) is 31.0 Å². The Morgan fingerprint density at radius 1 is 1.36 bits per heavy atom. The Kier molecular flexibility index (Phi) is 4.92. The fraction of sp³-hybridized carbons (Fsp3) is 0.300. The van der Waals surface area contributed by atoms with E-state index in [1.165, 1.54) is 0 Å². The molecule has 1 saturated heterocycles. The summed E-state index contributed by atoms with van der Waals surface area (Å²) in [5.41, 5.74) is 2.53. The van der Waals surface area contributed by atoms with E-state index >= 15 is 0 Å². The zero-order valence-corrected chi connectivity index (χ0v) is 15.6. The number of rotatable bonds is 6. The van der Waals surface area contributed by atoms with E-state index < -0.39 is 0 Å². The van der Waals surface area contributed by atoms with Crippen LogP contribution in [0.2, 0.25) is 0 Å². The van der Waals surface area contributed by atoms with E-state index in [9.17, 15) is 9.59 Å². The van der Waals surface area contributed by atoms with Gasteiger partial charge in [0.2, 0.25) is 6.41 Å². The first-order chi connectivity index (χ1) is 13.7. The molecular weight excluding hydrogens is 356 g/mol. The lowest BCUT2D eigenvalue weighted by Gasteiger charge is -2.20. The smallest absolute Gasteiger partial charge is 0.255 e. The summed E-state index contributed by atoms with van der Waals surface area (Å²) in [6.45, 7) is 1.82. The molecule has 4 heterocycles. The molecule has 0 unspecified atom stereocenters. The highest BCUT2D eigenvalue weighted by Gasteiger charge is 2.29. The van der Waals surface area contributed by atoms with Gasteiger partial charge in [-0.15, -0.1) is 0 Å². The Bertz CT molecular complexity index is 984. The van der Waals surface area contributed by atoms with E-state index in [0.717, 1.165) is 29.4 Å². The van der Waals surface area contributed by atoms with E-state index in [4.69, 9.17) is 0 Å². The number of likely N-dealkylation sites (N-methyl/N-ethyl adjacent to an activating group) is 1. The Balaban J connectivity index is 1.38. The van der Waals surface area contributed by atoms with E-state index in [1.807, 2.05) is 24.4 Å². The van der Waals surface area contributed by atoms with Crippen molar-refractivity contribution in [2.24, 2.45) is 0 Å². The molecule has 0 aromatic carbocycles. The molecule has 1 atom stereocenters. The second kappa shape index (κ2) is 7.67. The second-order valence-electron chi connectivity index (χ2n) is 6.96. The minimum Gasteiger partial charge on any atom is -0.366 e. The average molecular weight is 378 g/mol. The maximum absolute atomic E-state index is 12.7. The number of fused-ring (bicyclic) bond motifs is 1. The lowest BCUT2D eigenvalue weighted by molar-refractivity contribution is -0.118. The largest absolute Gasteiger partial charge is 0.366 e. The van der Waals surface area contributed by atoms with Crippen LogP contribution in [0.4, 0.5) is 5.82 Å². The molecule has 4 rings (SSSR count). The van der Waals surface area contributed by atoms with Gasteiger partial charge in [0.1, 0.15) is 11.5 Å². The highest BCUT2D eigenvalue weighted by atomic mass is 16.2. The van der Waals surface area contributed by atoms with Crippen LogP contribution in [0.15, 0.2) is 42.9 Å². The third-order valence-corrected chi connectivity index (χ3v) is 5.21. The van der Waals surface area contributed by atoms with E-state index in [1.54, 1.807) is 35.3 Å². The first-order valence-electron chi connectivity index (χ1n) is 9.23. The molecule has 3 aromatic rings. The molecule has 2 N–H and O–H groups in total. The number of amides is 2. The summed E-state index contributed by atoms with van der Waals surface area (Å²) < 4.78 is 0. The summed E-state index contributed by atoms with van der Waals surface area (Å²) in [6.07, 6.45) is 6.85. The number of H-pyrrole nitrogens is 1. The van der Waals surface area contributed by atoms with Crippen LogP contribution in [0.3, 0.4) is 0 Å². The van der Waals surface area contributed by atoms with Crippen molar-refractivity contribution in [2.45, 2.75) is 19.0 Å². The number of pyridine rings is 2. The number of hydrogen-bond acceptors (Lipinski definition) is 5. The molecule has 144 valence electrons. The Morgan fingerprint density at radius 2 is 2.25 bits per heavy atom. The number of carbonyl (C=O) groups excluding carboxylic acids is 2. The molecule has 8 heteroatoms. The molecule has 8 nitrogen and oxygen atoms in total. The minimum atomic E-state index is -0.0518. The average Bonchev–Trinajstić information content (AvgIpc) is 3.41. The predicted molar refractivity (Wildman–Crippen MR) is 106 cm³/mol. The van der Waals surface area contributed by atoms with Crippen LogP contribution in [0.25, 0.3) is 11.0 Å². The molecule has 2 amide bonds. The minimum absolute atomic E-state index is 0.0518. The predicted octanol–water partition coefficient (Wildman–Crippen LogP) is 1.87. The zero-order valence-electron chi connectivity index (χ0n) is 15.6. The topological polar surface area (TPSA) is 94.2 Å². The number of nitrogens with one attached hydrogen (secondary N) is 2. The number of aromatic nitrogens is 3. The van der Waals surface area contributed by atoms with Crippen molar-refractivity contribution in [1.82, 2.24) is 24.8 Å². The number of anilines is 1. The van der Waals surface area contributed by atoms with Gasteiger partial charge in [0.05, 0.1) is 11.6 Å². The van der Waals surface area contributed by atoms with Crippen LogP contribution in [0, 0.1) is 0 Å². The molecule has 1 aliphatic heterocycles. The van der Waals surface area contributed by atoms with Crippen LogP contribution >= 0.6 is 0 Å².